The van der Waals surface area contributed by atoms with E-state index in [0.717, 1.165) is 0 Å². The normalized spacial score (nSPS) is 22.2. The highest BCUT2D eigenvalue weighted by atomic mass is 35.5. The van der Waals surface area contributed by atoms with E-state index in [4.69, 9.17) is 16.3 Å². The fraction of sp³-hybridized carbons (Fsp3) is 0.500. The Labute approximate surface area is 116 Å². The van der Waals surface area contributed by atoms with Crippen LogP contribution in [-0.4, -0.2) is 47.8 Å². The molecule has 1 amide bonds. The fourth-order valence-electron chi connectivity index (χ4n) is 1.84. The van der Waals surface area contributed by atoms with Gasteiger partial charge in [0.1, 0.15) is 11.6 Å². The minimum atomic E-state index is -0.445. The van der Waals surface area contributed by atoms with Crippen LogP contribution < -0.4 is 15.4 Å². The Morgan fingerprint density at radius 2 is 2.53 bits per heavy atom. The molecule has 1 fully saturated rings. The van der Waals surface area contributed by atoms with Crippen molar-refractivity contribution in [2.24, 2.45) is 0 Å². The predicted octanol–water partition coefficient (Wildman–Crippen LogP) is -0.0472. The van der Waals surface area contributed by atoms with Crippen LogP contribution in [0.15, 0.2) is 18.3 Å². The van der Waals surface area contributed by atoms with Gasteiger partial charge in [0.25, 0.3) is 0 Å². The number of aromatic nitrogens is 1. The van der Waals surface area contributed by atoms with Gasteiger partial charge in [0.05, 0.1) is 18.7 Å². The topological polar surface area (TPSA) is 83.5 Å². The summed E-state index contributed by atoms with van der Waals surface area (Å²) in [5, 5.41) is 15.4. The predicted molar refractivity (Wildman–Crippen MR) is 70.2 cm³/mol. The van der Waals surface area contributed by atoms with Crippen LogP contribution in [0.2, 0.25) is 5.02 Å². The van der Waals surface area contributed by atoms with E-state index in [2.05, 4.69) is 15.6 Å². The second kappa shape index (κ2) is 6.70. The Morgan fingerprint density at radius 3 is 3.21 bits per heavy atom. The number of amides is 1. The summed E-state index contributed by atoms with van der Waals surface area (Å²) in [5.41, 5.74) is 0. The molecular formula is C12H16ClN3O3. The second-order valence-corrected chi connectivity index (χ2v) is 4.69. The third-order valence-corrected chi connectivity index (χ3v) is 3.08. The summed E-state index contributed by atoms with van der Waals surface area (Å²) in [7, 11) is 0. The highest BCUT2D eigenvalue weighted by Crippen LogP contribution is 2.19. The summed E-state index contributed by atoms with van der Waals surface area (Å²) in [6.45, 7) is 1.11. The van der Waals surface area contributed by atoms with Gasteiger partial charge in [0.2, 0.25) is 11.8 Å². The van der Waals surface area contributed by atoms with Crippen molar-refractivity contribution < 1.29 is 14.6 Å². The summed E-state index contributed by atoms with van der Waals surface area (Å²) in [6, 6.07) is 3.08. The van der Waals surface area contributed by atoms with Gasteiger partial charge in [-0.1, -0.05) is 11.6 Å². The Bertz CT molecular complexity index is 444. The van der Waals surface area contributed by atoms with Crippen molar-refractivity contribution in [3.8, 4) is 5.88 Å². The number of nitrogens with one attached hydrogen (secondary N) is 2. The Morgan fingerprint density at radius 1 is 1.68 bits per heavy atom. The quantitative estimate of drug-likeness (QED) is 0.661. The Kier molecular flexibility index (Phi) is 4.95. The van der Waals surface area contributed by atoms with Crippen LogP contribution >= 0.6 is 11.6 Å². The molecule has 0 aromatic carbocycles. The highest BCUT2D eigenvalue weighted by Gasteiger charge is 2.27. The van der Waals surface area contributed by atoms with Gasteiger partial charge in [-0.05, 0) is 18.6 Å². The van der Waals surface area contributed by atoms with Crippen LogP contribution in [0.25, 0.3) is 0 Å². The smallest absolute Gasteiger partial charge is 0.237 e. The number of rotatable bonds is 5. The maximum atomic E-state index is 11.7. The number of β-amino-alcohol motifs (C(OH)–C–C–N with tert-alkyl or cyclic N) is 1. The average molecular weight is 286 g/mol. The zero-order chi connectivity index (χ0) is 13.7. The lowest BCUT2D eigenvalue weighted by Crippen LogP contribution is -2.41. The summed E-state index contributed by atoms with van der Waals surface area (Å²) in [4.78, 5) is 15.7. The first-order chi connectivity index (χ1) is 9.16. The molecule has 1 aliphatic heterocycles. The molecule has 2 heterocycles. The maximum absolute atomic E-state index is 11.7. The van der Waals surface area contributed by atoms with Crippen molar-refractivity contribution in [1.82, 2.24) is 15.6 Å². The molecule has 0 aliphatic carbocycles. The van der Waals surface area contributed by atoms with Crippen molar-refractivity contribution in [3.63, 3.8) is 0 Å². The number of hydrogen-bond donors (Lipinski definition) is 3. The molecule has 6 nitrogen and oxygen atoms in total. The fourth-order valence-corrected chi connectivity index (χ4v) is 2.02. The SMILES string of the molecule is O=C(NCCOc1ncccc1Cl)[C@H]1C[C@@H](O)CN1. The van der Waals surface area contributed by atoms with Crippen LogP contribution in [-0.2, 0) is 4.79 Å². The molecule has 1 aromatic rings. The van der Waals surface area contributed by atoms with E-state index in [1.165, 1.54) is 0 Å². The number of ether oxygens (including phenoxy) is 1. The van der Waals surface area contributed by atoms with Gasteiger partial charge < -0.3 is 20.5 Å². The zero-order valence-corrected chi connectivity index (χ0v) is 11.1. The van der Waals surface area contributed by atoms with E-state index < -0.39 is 6.10 Å². The van der Waals surface area contributed by atoms with Crippen molar-refractivity contribution in [1.29, 1.82) is 0 Å². The van der Waals surface area contributed by atoms with Crippen molar-refractivity contribution in [2.75, 3.05) is 19.7 Å². The summed E-state index contributed by atoms with van der Waals surface area (Å²) >= 11 is 5.87. The average Bonchev–Trinajstić information content (AvgIpc) is 2.83. The first-order valence-corrected chi connectivity index (χ1v) is 6.47. The third-order valence-electron chi connectivity index (χ3n) is 2.79. The highest BCUT2D eigenvalue weighted by molar-refractivity contribution is 6.31. The third kappa shape index (κ3) is 4.05. The van der Waals surface area contributed by atoms with Gasteiger partial charge >= 0.3 is 0 Å². The van der Waals surface area contributed by atoms with Gasteiger partial charge in [0, 0.05) is 12.7 Å². The molecule has 1 aliphatic rings. The maximum Gasteiger partial charge on any atom is 0.237 e. The number of aliphatic hydroxyl groups excluding tert-OH is 1. The molecule has 0 spiro atoms. The van der Waals surface area contributed by atoms with Gasteiger partial charge in [-0.15, -0.1) is 0 Å². The van der Waals surface area contributed by atoms with Crippen LogP contribution in [0.5, 0.6) is 5.88 Å². The van der Waals surface area contributed by atoms with Crippen molar-refractivity contribution >= 4 is 17.5 Å². The number of aliphatic hydroxyl groups is 1. The monoisotopic (exact) mass is 285 g/mol. The molecule has 0 radical (unpaired) electrons. The van der Waals surface area contributed by atoms with Crippen LogP contribution in [0.1, 0.15) is 6.42 Å². The number of hydrogen-bond acceptors (Lipinski definition) is 5. The van der Waals surface area contributed by atoms with Gasteiger partial charge in [0.15, 0.2) is 0 Å². The summed E-state index contributed by atoms with van der Waals surface area (Å²) in [6.07, 6.45) is 1.59. The first kappa shape index (κ1) is 14.0. The van der Waals surface area contributed by atoms with E-state index >= 15 is 0 Å². The number of halogens is 1. The van der Waals surface area contributed by atoms with Crippen LogP contribution in [0, 0.1) is 0 Å². The van der Waals surface area contributed by atoms with Gasteiger partial charge in [-0.25, -0.2) is 4.98 Å². The number of nitrogens with zero attached hydrogens (tertiary/aromatic N) is 1. The number of carbonyl (C=O) groups excluding carboxylic acids is 1. The number of pyridine rings is 1. The van der Waals surface area contributed by atoms with E-state index in [9.17, 15) is 9.90 Å². The Hall–Kier alpha value is -1.37. The molecule has 0 bridgehead atoms. The molecule has 0 unspecified atom stereocenters. The largest absolute Gasteiger partial charge is 0.475 e. The lowest BCUT2D eigenvalue weighted by atomic mass is 10.2. The minimum Gasteiger partial charge on any atom is -0.475 e. The van der Waals surface area contributed by atoms with Crippen molar-refractivity contribution in [3.05, 3.63) is 23.4 Å². The molecule has 7 heteroatoms. The first-order valence-electron chi connectivity index (χ1n) is 6.09. The van der Waals surface area contributed by atoms with Gasteiger partial charge in [-0.3, -0.25) is 4.79 Å². The molecule has 3 N–H and O–H groups in total. The van der Waals surface area contributed by atoms with Crippen LogP contribution in [0.4, 0.5) is 0 Å². The van der Waals surface area contributed by atoms with Crippen molar-refractivity contribution in [2.45, 2.75) is 18.6 Å². The molecule has 1 saturated heterocycles. The van der Waals surface area contributed by atoms with E-state index in [0.29, 0.717) is 30.4 Å². The minimum absolute atomic E-state index is 0.132. The molecule has 19 heavy (non-hydrogen) atoms. The molecular weight excluding hydrogens is 270 g/mol. The summed E-state index contributed by atoms with van der Waals surface area (Å²) < 4.78 is 5.34. The Balaban J connectivity index is 1.67. The lowest BCUT2D eigenvalue weighted by molar-refractivity contribution is -0.123. The van der Waals surface area contributed by atoms with E-state index in [-0.39, 0.29) is 18.6 Å². The van der Waals surface area contributed by atoms with E-state index in [1.807, 2.05) is 0 Å². The van der Waals surface area contributed by atoms with Crippen LogP contribution in [0.3, 0.4) is 0 Å². The lowest BCUT2D eigenvalue weighted by Gasteiger charge is -2.11. The molecule has 104 valence electrons. The summed E-state index contributed by atoms with van der Waals surface area (Å²) in [5.74, 6) is 0.222. The standard InChI is InChI=1S/C12H16ClN3O3/c13-9-2-1-3-15-12(9)19-5-4-14-11(18)10-6-8(17)7-16-10/h1-3,8,10,16-17H,4-7H2,(H,14,18)/t8-,10-/m1/s1. The molecule has 2 atom stereocenters. The molecule has 0 saturated carbocycles. The second-order valence-electron chi connectivity index (χ2n) is 4.28. The molecule has 2 rings (SSSR count). The molecule has 1 aromatic heterocycles. The number of carbonyl (C=O) groups is 1. The zero-order valence-electron chi connectivity index (χ0n) is 10.3. The van der Waals surface area contributed by atoms with E-state index in [1.54, 1.807) is 18.3 Å². The van der Waals surface area contributed by atoms with Gasteiger partial charge in [-0.2, -0.15) is 0 Å².